The molecule has 0 saturated carbocycles. The molecule has 1 aromatic carbocycles. The minimum Gasteiger partial charge on any atom is -0.550 e. The van der Waals surface area contributed by atoms with Gasteiger partial charge in [-0.2, -0.15) is 0 Å². The molecule has 39 heavy (non-hydrogen) atoms. The number of carbonyl (C=O) groups is 2. The van der Waals surface area contributed by atoms with Gasteiger partial charge >= 0.3 is 23.9 Å². The Hall–Kier alpha value is -1.04. The summed E-state index contributed by atoms with van der Waals surface area (Å²) in [6, 6.07) is 6.55. The second-order valence-electron chi connectivity index (χ2n) is 9.93. The summed E-state index contributed by atoms with van der Waals surface area (Å²) in [5.41, 5.74) is 1.27. The number of hydrogen-bond donors (Lipinski definition) is 0. The van der Waals surface area contributed by atoms with E-state index in [4.69, 9.17) is 0 Å². The number of rotatable bonds is 19. The Bertz CT molecular complexity index is 594. The van der Waals surface area contributed by atoms with Gasteiger partial charge in [0.15, 0.2) is 0 Å². The van der Waals surface area contributed by atoms with Crippen molar-refractivity contribution in [3.05, 3.63) is 49.2 Å². The van der Waals surface area contributed by atoms with Crippen molar-refractivity contribution >= 4 is 35.8 Å². The summed E-state index contributed by atoms with van der Waals surface area (Å²) in [6.45, 7) is 15.6. The van der Waals surface area contributed by atoms with Crippen LogP contribution in [-0.2, 0) is 4.79 Å². The Morgan fingerprint density at radius 1 is 0.590 bits per heavy atom. The average Bonchev–Trinajstić information content (AvgIpc) is 2.91. The van der Waals surface area contributed by atoms with Gasteiger partial charge in [0, 0.05) is 5.97 Å². The predicted octanol–water partition coefficient (Wildman–Crippen LogP) is 8.22. The van der Waals surface area contributed by atoms with Gasteiger partial charge in [0.25, 0.3) is 0 Å². The number of hydrogen-bond acceptors (Lipinski definition) is 4. The average molecular weight is 652 g/mol. The zero-order chi connectivity index (χ0) is 29.3. The van der Waals surface area contributed by atoms with Gasteiger partial charge in [-0.3, -0.25) is 0 Å². The van der Waals surface area contributed by atoms with Gasteiger partial charge in [0.05, 0.1) is 5.97 Å². The first kappa shape index (κ1) is 45.0. The van der Waals surface area contributed by atoms with Crippen molar-refractivity contribution in [1.82, 2.24) is 0 Å². The molecule has 0 N–H and O–H groups in total. The summed E-state index contributed by atoms with van der Waals surface area (Å²) in [6.07, 6.45) is 24.4. The van der Waals surface area contributed by atoms with Crippen molar-refractivity contribution in [3.8, 4) is 0 Å². The molecule has 5 heteroatoms. The fraction of sp³-hybridized carbons (Fsp3) is 0.706. The third kappa shape index (κ3) is 44.2. The molecule has 0 unspecified atom stereocenters. The molecule has 0 amide bonds. The normalized spacial score (nSPS) is 9.49. The molecule has 224 valence electrons. The molecule has 0 fully saturated rings. The van der Waals surface area contributed by atoms with Crippen LogP contribution in [0.4, 0.5) is 0 Å². The number of aromatic carboxylic acids is 1. The molecule has 1 aromatic rings. The van der Waals surface area contributed by atoms with Gasteiger partial charge in [0.2, 0.25) is 0 Å². The summed E-state index contributed by atoms with van der Waals surface area (Å²) in [5, 5.41) is 20.4. The molecule has 0 bridgehead atoms. The minimum absolute atomic E-state index is 0. The number of carbonyl (C=O) groups excluding carboxylic acids is 2. The summed E-state index contributed by atoms with van der Waals surface area (Å²) in [4.78, 5) is 20.4. The molecule has 0 aromatic heterocycles. The van der Waals surface area contributed by atoms with Gasteiger partial charge < -0.3 is 19.8 Å². The molecule has 0 spiro atoms. The monoisotopic (exact) mass is 652 g/mol. The Balaban J connectivity index is -0.000000265. The molecule has 0 aliphatic rings. The number of carboxylic acids is 2. The zero-order valence-corrected chi connectivity index (χ0v) is 28.9. The van der Waals surface area contributed by atoms with Crippen molar-refractivity contribution in [2.24, 2.45) is 0 Å². The van der Waals surface area contributed by atoms with E-state index in [1.54, 1.807) is 12.1 Å². The zero-order valence-electron chi connectivity index (χ0n) is 26.0. The van der Waals surface area contributed by atoms with Crippen LogP contribution in [0.3, 0.4) is 0 Å². The molecule has 0 saturated heterocycles. The molecule has 4 radical (unpaired) electrons. The van der Waals surface area contributed by atoms with E-state index in [2.05, 4.69) is 34.6 Å². The van der Waals surface area contributed by atoms with E-state index in [0.29, 0.717) is 0 Å². The van der Waals surface area contributed by atoms with Crippen molar-refractivity contribution in [2.75, 3.05) is 0 Å². The molecule has 1 rings (SSSR count). The van der Waals surface area contributed by atoms with Crippen LogP contribution in [-0.4, -0.2) is 35.8 Å². The smallest absolute Gasteiger partial charge is 0.550 e. The van der Waals surface area contributed by atoms with Crippen molar-refractivity contribution in [3.63, 3.8) is 0 Å². The van der Waals surface area contributed by atoms with E-state index in [9.17, 15) is 19.8 Å². The SMILES string of the molecule is CCCCCCCCCCCCCCCCCC(=O)[O-].Cc1ccc(C(=O)[O-])cc1.[CH2]CCC.[CH2]CCC.[Sn+2]. The van der Waals surface area contributed by atoms with Crippen LogP contribution in [0.2, 0.25) is 0 Å². The number of unbranched alkanes of at least 4 members (excludes halogenated alkanes) is 16. The number of carboxylic acid groups (broad SMARTS) is 2. The largest absolute Gasteiger partial charge is 2.00 e. The quantitative estimate of drug-likeness (QED) is 0.112. The summed E-state index contributed by atoms with van der Waals surface area (Å²) in [7, 11) is 0. The van der Waals surface area contributed by atoms with Crippen LogP contribution in [0, 0.1) is 20.8 Å². The van der Waals surface area contributed by atoms with E-state index in [1.165, 1.54) is 108 Å². The fourth-order valence-electron chi connectivity index (χ4n) is 3.33. The molecular weight excluding hydrogens is 591 g/mol. The summed E-state index contributed by atoms with van der Waals surface area (Å²) >= 11 is 0. The molecular formula is C34H60O4Sn. The van der Waals surface area contributed by atoms with E-state index >= 15 is 0 Å². The van der Waals surface area contributed by atoms with Gasteiger partial charge in [-0.25, -0.2) is 0 Å². The molecule has 0 atom stereocenters. The molecule has 0 aliphatic heterocycles. The minimum atomic E-state index is -1.12. The molecule has 0 aliphatic carbocycles. The third-order valence-electron chi connectivity index (χ3n) is 5.98. The fourth-order valence-corrected chi connectivity index (χ4v) is 3.33. The van der Waals surface area contributed by atoms with Crippen LogP contribution in [0.5, 0.6) is 0 Å². The van der Waals surface area contributed by atoms with Crippen molar-refractivity contribution in [2.45, 2.75) is 156 Å². The van der Waals surface area contributed by atoms with E-state index in [1.807, 2.05) is 6.92 Å². The van der Waals surface area contributed by atoms with Gasteiger partial charge in [-0.1, -0.05) is 180 Å². The van der Waals surface area contributed by atoms with E-state index in [-0.39, 0.29) is 35.9 Å². The predicted molar refractivity (Wildman–Crippen MR) is 166 cm³/mol. The first-order valence-electron chi connectivity index (χ1n) is 15.4. The second kappa shape index (κ2) is 39.1. The molecule has 0 heterocycles. The van der Waals surface area contributed by atoms with Gasteiger partial charge in [0.1, 0.15) is 0 Å². The molecule has 4 nitrogen and oxygen atoms in total. The number of benzene rings is 1. The van der Waals surface area contributed by atoms with Crippen LogP contribution >= 0.6 is 0 Å². The first-order valence-corrected chi connectivity index (χ1v) is 15.4. The van der Waals surface area contributed by atoms with Crippen molar-refractivity contribution in [1.29, 1.82) is 0 Å². The van der Waals surface area contributed by atoms with E-state index in [0.717, 1.165) is 31.2 Å². The van der Waals surface area contributed by atoms with Gasteiger partial charge in [-0.05, 0) is 25.3 Å². The van der Waals surface area contributed by atoms with Crippen molar-refractivity contribution < 1.29 is 19.8 Å². The Kier molecular flexibility index (Phi) is 45.1. The van der Waals surface area contributed by atoms with Crippen LogP contribution in [0.1, 0.15) is 165 Å². The Morgan fingerprint density at radius 3 is 1.15 bits per heavy atom. The first-order chi connectivity index (χ1) is 18.3. The second-order valence-corrected chi connectivity index (χ2v) is 9.93. The Morgan fingerprint density at radius 2 is 0.897 bits per heavy atom. The van der Waals surface area contributed by atoms with E-state index < -0.39 is 11.9 Å². The topological polar surface area (TPSA) is 80.3 Å². The summed E-state index contributed by atoms with van der Waals surface area (Å²) in [5.74, 6) is -2.03. The standard InChI is InChI=1S/C18H36O2.C8H8O2.2C4H9.Sn/c1-2-3-4-5-6-7-8-9-10-11-12-13-14-15-16-17-18(19)20;1-6-2-4-7(5-3-6)8(9)10;2*1-3-4-2;/h2-17H2,1H3,(H,19,20);2-5H,1H3,(H,9,10);2*1,3-4H2,2H3;/q;;;;+2/p-2. The van der Waals surface area contributed by atoms with Crippen LogP contribution < -0.4 is 10.2 Å². The third-order valence-corrected chi connectivity index (χ3v) is 5.98. The number of aryl methyl sites for hydroxylation is 1. The maximum absolute atomic E-state index is 10.2. The van der Waals surface area contributed by atoms with Crippen LogP contribution in [0.25, 0.3) is 0 Å². The Labute approximate surface area is 260 Å². The number of aliphatic carboxylic acids is 1. The maximum Gasteiger partial charge on any atom is 2.00 e. The maximum atomic E-state index is 10.2. The van der Waals surface area contributed by atoms with Crippen LogP contribution in [0.15, 0.2) is 24.3 Å². The summed E-state index contributed by atoms with van der Waals surface area (Å²) < 4.78 is 0. The van der Waals surface area contributed by atoms with Gasteiger partial charge in [-0.15, -0.1) is 0 Å².